The molecule has 5 heteroatoms. The molecule has 1 aromatic heterocycles. The van der Waals surface area contributed by atoms with Gasteiger partial charge in [-0.05, 0) is 43.7 Å². The Bertz CT molecular complexity index is 407. The molecular weight excluding hydrogens is 240 g/mol. The maximum Gasteiger partial charge on any atom is 0.222 e. The molecule has 1 fully saturated rings. The number of rotatable bonds is 5. The van der Waals surface area contributed by atoms with Gasteiger partial charge in [0.1, 0.15) is 0 Å². The first-order chi connectivity index (χ1) is 9.19. The third-order valence-electron chi connectivity index (χ3n) is 3.93. The van der Waals surface area contributed by atoms with Crippen LogP contribution in [0.2, 0.25) is 0 Å². The van der Waals surface area contributed by atoms with Crippen LogP contribution in [-0.4, -0.2) is 40.2 Å². The van der Waals surface area contributed by atoms with Gasteiger partial charge in [0.25, 0.3) is 0 Å². The molecule has 19 heavy (non-hydrogen) atoms. The third-order valence-corrected chi connectivity index (χ3v) is 3.93. The van der Waals surface area contributed by atoms with E-state index in [1.165, 1.54) is 0 Å². The van der Waals surface area contributed by atoms with E-state index in [0.29, 0.717) is 12.3 Å². The number of nitrogens with zero attached hydrogens (tertiary/aromatic N) is 3. The van der Waals surface area contributed by atoms with Crippen LogP contribution in [-0.2, 0) is 18.3 Å². The molecule has 0 atom stereocenters. The van der Waals surface area contributed by atoms with Gasteiger partial charge in [0.05, 0.1) is 6.20 Å². The van der Waals surface area contributed by atoms with E-state index in [1.807, 2.05) is 24.3 Å². The lowest BCUT2D eigenvalue weighted by Gasteiger charge is -2.32. The summed E-state index contributed by atoms with van der Waals surface area (Å²) in [5.41, 5.74) is 6.71. The number of hydrogen-bond acceptors (Lipinski definition) is 3. The van der Waals surface area contributed by atoms with Crippen molar-refractivity contribution in [2.45, 2.75) is 32.1 Å². The molecule has 1 amide bonds. The summed E-state index contributed by atoms with van der Waals surface area (Å²) in [6.07, 6.45) is 8.49. The predicted octanol–water partition coefficient (Wildman–Crippen LogP) is 0.940. The second-order valence-electron chi connectivity index (χ2n) is 5.42. The van der Waals surface area contributed by atoms with E-state index in [4.69, 9.17) is 5.73 Å². The van der Waals surface area contributed by atoms with Crippen LogP contribution in [0.4, 0.5) is 0 Å². The molecule has 2 rings (SSSR count). The minimum atomic E-state index is 0.273. The summed E-state index contributed by atoms with van der Waals surface area (Å²) in [4.78, 5) is 14.1. The molecule has 1 aliphatic rings. The van der Waals surface area contributed by atoms with Crippen molar-refractivity contribution in [1.29, 1.82) is 0 Å². The molecule has 0 unspecified atom stereocenters. The standard InChI is InChI=1S/C14H24N4O/c1-17-11-13(10-16-17)2-3-14(19)18-8-5-12(4-7-15)6-9-18/h10-12H,2-9,15H2,1H3. The van der Waals surface area contributed by atoms with Crippen LogP contribution in [0, 0.1) is 5.92 Å². The number of carbonyl (C=O) groups excluding carboxylic acids is 1. The minimum Gasteiger partial charge on any atom is -0.343 e. The lowest BCUT2D eigenvalue weighted by Crippen LogP contribution is -2.38. The van der Waals surface area contributed by atoms with Gasteiger partial charge in [-0.1, -0.05) is 0 Å². The maximum atomic E-state index is 12.1. The SMILES string of the molecule is Cn1cc(CCC(=O)N2CCC(CCN)CC2)cn1. The quantitative estimate of drug-likeness (QED) is 0.861. The van der Waals surface area contributed by atoms with Crippen molar-refractivity contribution >= 4 is 5.91 Å². The van der Waals surface area contributed by atoms with Crippen LogP contribution < -0.4 is 5.73 Å². The average molecular weight is 264 g/mol. The smallest absolute Gasteiger partial charge is 0.222 e. The average Bonchev–Trinajstić information content (AvgIpc) is 2.83. The van der Waals surface area contributed by atoms with Crippen molar-refractivity contribution < 1.29 is 4.79 Å². The van der Waals surface area contributed by atoms with Crippen molar-refractivity contribution in [3.05, 3.63) is 18.0 Å². The van der Waals surface area contributed by atoms with Gasteiger partial charge in [-0.25, -0.2) is 0 Å². The van der Waals surface area contributed by atoms with E-state index < -0.39 is 0 Å². The number of nitrogens with two attached hydrogens (primary N) is 1. The fraction of sp³-hybridized carbons (Fsp3) is 0.714. The molecule has 5 nitrogen and oxygen atoms in total. The van der Waals surface area contributed by atoms with E-state index >= 15 is 0 Å². The highest BCUT2D eigenvalue weighted by Gasteiger charge is 2.21. The van der Waals surface area contributed by atoms with Crippen molar-refractivity contribution in [2.24, 2.45) is 18.7 Å². The Kier molecular flexibility index (Phi) is 4.96. The van der Waals surface area contributed by atoms with E-state index in [2.05, 4.69) is 5.10 Å². The van der Waals surface area contributed by atoms with Gasteiger partial charge in [-0.2, -0.15) is 5.10 Å². The zero-order valence-electron chi connectivity index (χ0n) is 11.7. The van der Waals surface area contributed by atoms with E-state index in [9.17, 15) is 4.79 Å². The van der Waals surface area contributed by atoms with E-state index in [1.54, 1.807) is 4.68 Å². The number of piperidine rings is 1. The van der Waals surface area contributed by atoms with Gasteiger partial charge in [0.2, 0.25) is 5.91 Å². The lowest BCUT2D eigenvalue weighted by molar-refractivity contribution is -0.132. The van der Waals surface area contributed by atoms with Crippen molar-refractivity contribution in [3.63, 3.8) is 0 Å². The zero-order valence-corrected chi connectivity index (χ0v) is 11.7. The Labute approximate surface area is 114 Å². The number of amides is 1. The van der Waals surface area contributed by atoms with Crippen LogP contribution in [0.15, 0.2) is 12.4 Å². The molecule has 0 bridgehead atoms. The monoisotopic (exact) mass is 264 g/mol. The summed E-state index contributed by atoms with van der Waals surface area (Å²) in [7, 11) is 1.90. The molecule has 0 aliphatic carbocycles. The van der Waals surface area contributed by atoms with E-state index in [0.717, 1.165) is 50.9 Å². The normalized spacial score (nSPS) is 16.8. The van der Waals surface area contributed by atoms with Gasteiger partial charge < -0.3 is 10.6 Å². The Morgan fingerprint density at radius 2 is 2.21 bits per heavy atom. The summed E-state index contributed by atoms with van der Waals surface area (Å²) in [6.45, 7) is 2.56. The molecule has 1 aromatic rings. The zero-order chi connectivity index (χ0) is 13.7. The largest absolute Gasteiger partial charge is 0.343 e. The molecular formula is C14H24N4O. The predicted molar refractivity (Wildman–Crippen MR) is 74.5 cm³/mol. The molecule has 1 aliphatic heterocycles. The van der Waals surface area contributed by atoms with Gasteiger partial charge in [-0.15, -0.1) is 0 Å². The molecule has 2 heterocycles. The van der Waals surface area contributed by atoms with E-state index in [-0.39, 0.29) is 5.91 Å². The second-order valence-corrected chi connectivity index (χ2v) is 5.42. The summed E-state index contributed by atoms with van der Waals surface area (Å²) in [6, 6.07) is 0. The summed E-state index contributed by atoms with van der Waals surface area (Å²) in [5.74, 6) is 0.988. The highest BCUT2D eigenvalue weighted by molar-refractivity contribution is 5.76. The fourth-order valence-corrected chi connectivity index (χ4v) is 2.72. The Hall–Kier alpha value is -1.36. The number of likely N-dealkylation sites (tertiary alicyclic amines) is 1. The summed E-state index contributed by atoms with van der Waals surface area (Å²) >= 11 is 0. The molecule has 0 saturated carbocycles. The number of carbonyl (C=O) groups is 1. The van der Waals surface area contributed by atoms with Crippen molar-refractivity contribution in [1.82, 2.24) is 14.7 Å². The first-order valence-corrected chi connectivity index (χ1v) is 7.14. The number of aryl methyl sites for hydroxylation is 2. The van der Waals surface area contributed by atoms with Crippen LogP contribution in [0.3, 0.4) is 0 Å². The maximum absolute atomic E-state index is 12.1. The fourth-order valence-electron chi connectivity index (χ4n) is 2.72. The number of hydrogen-bond donors (Lipinski definition) is 1. The van der Waals surface area contributed by atoms with Gasteiger partial charge >= 0.3 is 0 Å². The summed E-state index contributed by atoms with van der Waals surface area (Å²) in [5, 5.41) is 4.12. The van der Waals surface area contributed by atoms with Gasteiger partial charge in [-0.3, -0.25) is 9.48 Å². The number of aromatic nitrogens is 2. The molecule has 2 N–H and O–H groups in total. The lowest BCUT2D eigenvalue weighted by atomic mass is 9.93. The first kappa shape index (κ1) is 14.1. The Morgan fingerprint density at radius 1 is 1.47 bits per heavy atom. The Morgan fingerprint density at radius 3 is 2.79 bits per heavy atom. The second kappa shape index (κ2) is 6.70. The van der Waals surface area contributed by atoms with Crippen LogP contribution in [0.25, 0.3) is 0 Å². The minimum absolute atomic E-state index is 0.273. The molecule has 0 radical (unpaired) electrons. The molecule has 0 spiro atoms. The summed E-state index contributed by atoms with van der Waals surface area (Å²) < 4.78 is 1.78. The molecule has 1 saturated heterocycles. The molecule has 0 aromatic carbocycles. The molecule has 106 valence electrons. The van der Waals surface area contributed by atoms with Crippen LogP contribution in [0.5, 0.6) is 0 Å². The topological polar surface area (TPSA) is 64.2 Å². The van der Waals surface area contributed by atoms with Gasteiger partial charge in [0, 0.05) is 32.8 Å². The van der Waals surface area contributed by atoms with Crippen molar-refractivity contribution in [2.75, 3.05) is 19.6 Å². The van der Waals surface area contributed by atoms with Crippen molar-refractivity contribution in [3.8, 4) is 0 Å². The van der Waals surface area contributed by atoms with Crippen LogP contribution >= 0.6 is 0 Å². The highest BCUT2D eigenvalue weighted by Crippen LogP contribution is 2.20. The van der Waals surface area contributed by atoms with Gasteiger partial charge in [0.15, 0.2) is 0 Å². The first-order valence-electron chi connectivity index (χ1n) is 7.14. The Balaban J connectivity index is 1.72. The third kappa shape index (κ3) is 4.06. The highest BCUT2D eigenvalue weighted by atomic mass is 16.2. The van der Waals surface area contributed by atoms with Crippen LogP contribution in [0.1, 0.15) is 31.2 Å².